The molecule has 0 atom stereocenters. The third kappa shape index (κ3) is 2.82. The van der Waals surface area contributed by atoms with Gasteiger partial charge in [0, 0.05) is 11.0 Å². The highest BCUT2D eigenvalue weighted by Gasteiger charge is 2.43. The molecule has 3 nitrogen and oxygen atoms in total. The van der Waals surface area contributed by atoms with Gasteiger partial charge in [-0.15, -0.1) is 0 Å². The minimum Gasteiger partial charge on any atom is -0.534 e. The van der Waals surface area contributed by atoms with Crippen LogP contribution in [0.5, 0.6) is 0 Å². The number of aldehydes is 1. The Hall–Kier alpha value is -2.85. The number of fused-ring (bicyclic) bond motifs is 1. The summed E-state index contributed by atoms with van der Waals surface area (Å²) in [4.78, 5) is 11.5. The Morgan fingerprint density at radius 2 is 1.65 bits per heavy atom. The summed E-state index contributed by atoms with van der Waals surface area (Å²) >= 11 is 0. The van der Waals surface area contributed by atoms with Crippen molar-refractivity contribution < 1.29 is 14.1 Å². The summed E-state index contributed by atoms with van der Waals surface area (Å²) in [5, 5.41) is 2.37. The van der Waals surface area contributed by atoms with E-state index in [-0.39, 0.29) is 0 Å². The molecular formula is C22H19BO3. The summed E-state index contributed by atoms with van der Waals surface area (Å²) in [7, 11) is -0.627. The van der Waals surface area contributed by atoms with E-state index in [0.29, 0.717) is 11.3 Å². The van der Waals surface area contributed by atoms with Gasteiger partial charge in [0.1, 0.15) is 11.9 Å². The average Bonchev–Trinajstić information content (AvgIpc) is 2.93. The van der Waals surface area contributed by atoms with E-state index in [0.717, 1.165) is 22.9 Å². The lowest BCUT2D eigenvalue weighted by Gasteiger charge is -2.16. The lowest BCUT2D eigenvalue weighted by atomic mass is 9.75. The maximum Gasteiger partial charge on any atom is 0.564 e. The molecule has 3 aromatic carbocycles. The Balaban J connectivity index is 1.78. The van der Waals surface area contributed by atoms with Gasteiger partial charge in [0.25, 0.3) is 0 Å². The van der Waals surface area contributed by atoms with Gasteiger partial charge in [-0.05, 0) is 41.8 Å². The molecule has 1 heterocycles. The molecule has 0 bridgehead atoms. The van der Waals surface area contributed by atoms with Crippen LogP contribution in [-0.4, -0.2) is 19.0 Å². The van der Waals surface area contributed by atoms with E-state index < -0.39 is 12.7 Å². The molecule has 0 aromatic heterocycles. The van der Waals surface area contributed by atoms with Crippen molar-refractivity contribution in [3.05, 3.63) is 78.6 Å². The van der Waals surface area contributed by atoms with Crippen LogP contribution in [0.1, 0.15) is 24.2 Å². The smallest absolute Gasteiger partial charge is 0.534 e. The Labute approximate surface area is 153 Å². The van der Waals surface area contributed by atoms with E-state index in [9.17, 15) is 4.79 Å². The number of carbonyl (C=O) groups is 1. The first kappa shape index (κ1) is 16.6. The summed E-state index contributed by atoms with van der Waals surface area (Å²) in [6.07, 6.45) is 0.834. The SMILES string of the molecule is C=C1OB(c2cc(-c3ccc4ccccc4c3)ccc2C=O)OC1(C)C. The zero-order valence-electron chi connectivity index (χ0n) is 14.9. The molecule has 0 spiro atoms. The van der Waals surface area contributed by atoms with E-state index >= 15 is 0 Å². The van der Waals surface area contributed by atoms with Crippen molar-refractivity contribution in [2.45, 2.75) is 19.4 Å². The summed E-state index contributed by atoms with van der Waals surface area (Å²) in [5.74, 6) is 0.565. The Kier molecular flexibility index (Phi) is 3.93. The molecule has 4 heteroatoms. The Morgan fingerprint density at radius 3 is 2.35 bits per heavy atom. The van der Waals surface area contributed by atoms with Crippen molar-refractivity contribution >= 4 is 29.6 Å². The van der Waals surface area contributed by atoms with Crippen LogP contribution < -0.4 is 5.46 Å². The van der Waals surface area contributed by atoms with Crippen molar-refractivity contribution in [1.82, 2.24) is 0 Å². The van der Waals surface area contributed by atoms with E-state index in [1.807, 2.05) is 44.2 Å². The predicted octanol–water partition coefficient (Wildman–Crippen LogP) is 4.35. The van der Waals surface area contributed by atoms with E-state index in [1.54, 1.807) is 0 Å². The van der Waals surface area contributed by atoms with Crippen LogP contribution in [0.3, 0.4) is 0 Å². The summed E-state index contributed by atoms with van der Waals surface area (Å²) in [5.41, 5.74) is 2.80. The van der Waals surface area contributed by atoms with Crippen molar-refractivity contribution in [2.24, 2.45) is 0 Å². The second-order valence-corrected chi connectivity index (χ2v) is 7.02. The molecular weight excluding hydrogens is 323 g/mol. The Bertz CT molecular complexity index is 1020. The lowest BCUT2D eigenvalue weighted by molar-refractivity contribution is 0.112. The van der Waals surface area contributed by atoms with Gasteiger partial charge in [0.05, 0.1) is 5.76 Å². The van der Waals surface area contributed by atoms with Crippen molar-refractivity contribution in [2.75, 3.05) is 0 Å². The molecule has 1 fully saturated rings. The van der Waals surface area contributed by atoms with Gasteiger partial charge >= 0.3 is 7.12 Å². The molecule has 1 aliphatic heterocycles. The van der Waals surface area contributed by atoms with E-state index in [2.05, 4.69) is 36.9 Å². The molecule has 0 saturated carbocycles. The first-order valence-electron chi connectivity index (χ1n) is 8.60. The average molecular weight is 342 g/mol. The van der Waals surface area contributed by atoms with Crippen molar-refractivity contribution in [1.29, 1.82) is 0 Å². The van der Waals surface area contributed by atoms with Gasteiger partial charge in [-0.25, -0.2) is 0 Å². The van der Waals surface area contributed by atoms with Crippen LogP contribution in [0.2, 0.25) is 0 Å². The number of hydrogen-bond donors (Lipinski definition) is 0. The van der Waals surface area contributed by atoms with Gasteiger partial charge in [-0.1, -0.05) is 61.2 Å². The monoisotopic (exact) mass is 342 g/mol. The second kappa shape index (κ2) is 6.15. The fraction of sp³-hybridized carbons (Fsp3) is 0.136. The van der Waals surface area contributed by atoms with Gasteiger partial charge < -0.3 is 9.31 Å². The largest absolute Gasteiger partial charge is 0.564 e. The molecule has 0 amide bonds. The van der Waals surface area contributed by atoms with Crippen LogP contribution in [0.15, 0.2) is 73.0 Å². The van der Waals surface area contributed by atoms with Crippen LogP contribution in [-0.2, 0) is 9.31 Å². The maximum atomic E-state index is 11.5. The van der Waals surface area contributed by atoms with Crippen LogP contribution in [0.4, 0.5) is 0 Å². The number of rotatable bonds is 3. The van der Waals surface area contributed by atoms with Crippen molar-refractivity contribution in [3.8, 4) is 11.1 Å². The van der Waals surface area contributed by atoms with Crippen molar-refractivity contribution in [3.63, 3.8) is 0 Å². The maximum absolute atomic E-state index is 11.5. The number of carbonyl (C=O) groups excluding carboxylic acids is 1. The van der Waals surface area contributed by atoms with E-state index in [4.69, 9.17) is 9.31 Å². The third-order valence-electron chi connectivity index (χ3n) is 4.87. The Morgan fingerprint density at radius 1 is 0.962 bits per heavy atom. The molecule has 0 unspecified atom stereocenters. The van der Waals surface area contributed by atoms with Gasteiger partial charge in [0.15, 0.2) is 0 Å². The zero-order valence-corrected chi connectivity index (χ0v) is 14.9. The topological polar surface area (TPSA) is 35.5 Å². The quantitative estimate of drug-likeness (QED) is 0.524. The minimum absolute atomic E-state index is 0.560. The predicted molar refractivity (Wildman–Crippen MR) is 106 cm³/mol. The molecule has 0 radical (unpaired) electrons. The molecule has 128 valence electrons. The van der Waals surface area contributed by atoms with Gasteiger partial charge in [-0.3, -0.25) is 4.79 Å². The van der Waals surface area contributed by atoms with E-state index in [1.165, 1.54) is 10.8 Å². The second-order valence-electron chi connectivity index (χ2n) is 7.02. The van der Waals surface area contributed by atoms with Crippen LogP contribution in [0, 0.1) is 0 Å². The van der Waals surface area contributed by atoms with Crippen LogP contribution >= 0.6 is 0 Å². The summed E-state index contributed by atoms with van der Waals surface area (Å²) < 4.78 is 11.8. The fourth-order valence-corrected chi connectivity index (χ4v) is 3.19. The molecule has 0 N–H and O–H groups in total. The normalized spacial score (nSPS) is 15.9. The molecule has 0 aliphatic carbocycles. The molecule has 26 heavy (non-hydrogen) atoms. The summed E-state index contributed by atoms with van der Waals surface area (Å²) in [6.45, 7) is 7.73. The highest BCUT2D eigenvalue weighted by Crippen LogP contribution is 2.30. The third-order valence-corrected chi connectivity index (χ3v) is 4.87. The number of benzene rings is 3. The standard InChI is InChI=1S/C22H19BO3/c1-15-22(2,3)26-23(25-15)21-13-19(10-11-20(21)14-24)18-9-8-16-6-4-5-7-17(16)12-18/h4-14H,1H2,2-3H3. The highest BCUT2D eigenvalue weighted by molar-refractivity contribution is 6.63. The molecule has 3 aromatic rings. The number of hydrogen-bond acceptors (Lipinski definition) is 3. The van der Waals surface area contributed by atoms with Gasteiger partial charge in [0.2, 0.25) is 0 Å². The fourth-order valence-electron chi connectivity index (χ4n) is 3.19. The zero-order chi connectivity index (χ0) is 18.3. The molecule has 4 rings (SSSR count). The summed E-state index contributed by atoms with van der Waals surface area (Å²) in [6, 6.07) is 20.3. The highest BCUT2D eigenvalue weighted by atomic mass is 16.7. The molecule has 1 saturated heterocycles. The first-order valence-corrected chi connectivity index (χ1v) is 8.60. The first-order chi connectivity index (χ1) is 12.5. The molecule has 1 aliphatic rings. The van der Waals surface area contributed by atoms with Gasteiger partial charge in [-0.2, -0.15) is 0 Å². The minimum atomic E-state index is -0.627. The lowest BCUT2D eigenvalue weighted by Crippen LogP contribution is -2.36. The van der Waals surface area contributed by atoms with Crippen LogP contribution in [0.25, 0.3) is 21.9 Å².